The van der Waals surface area contributed by atoms with E-state index >= 15 is 0 Å². The van der Waals surface area contributed by atoms with Crippen molar-refractivity contribution >= 4 is 11.9 Å². The van der Waals surface area contributed by atoms with Crippen LogP contribution in [0.5, 0.6) is 0 Å². The number of nitrogens with zero attached hydrogens (tertiary/aromatic N) is 4. The molecule has 1 amide bonds. The van der Waals surface area contributed by atoms with Crippen LogP contribution in [-0.4, -0.2) is 46.5 Å². The highest BCUT2D eigenvalue weighted by Crippen LogP contribution is 2.15. The number of aromatic nitrogens is 2. The lowest BCUT2D eigenvalue weighted by Gasteiger charge is -2.35. The largest absolute Gasteiger partial charge is 0.339 e. The topological polar surface area (TPSA) is 41.4 Å². The molecule has 2 aromatic rings. The first-order valence-corrected chi connectivity index (χ1v) is 7.95. The zero-order valence-corrected chi connectivity index (χ0v) is 13.3. The number of carbonyl (C=O) groups is 1. The lowest BCUT2D eigenvalue weighted by Crippen LogP contribution is -2.49. The Balaban J connectivity index is 1.56. The molecule has 0 radical (unpaired) electrons. The quantitative estimate of drug-likeness (QED) is 0.865. The summed E-state index contributed by atoms with van der Waals surface area (Å²) in [5.41, 5.74) is 0.848. The summed E-state index contributed by atoms with van der Waals surface area (Å²) >= 11 is 0. The Bertz CT molecular complexity index is 659. The molecule has 0 aliphatic carbocycles. The number of piperazine rings is 1. The lowest BCUT2D eigenvalue weighted by atomic mass is 10.1. The molecule has 1 aromatic carbocycles. The fourth-order valence-electron chi connectivity index (χ4n) is 2.88. The van der Waals surface area contributed by atoms with Crippen molar-refractivity contribution < 1.29 is 9.18 Å². The molecule has 1 aliphatic heterocycles. The second kappa shape index (κ2) is 6.81. The van der Waals surface area contributed by atoms with Crippen molar-refractivity contribution in [2.45, 2.75) is 19.9 Å². The van der Waals surface area contributed by atoms with Crippen LogP contribution >= 0.6 is 0 Å². The number of imidazole rings is 1. The maximum Gasteiger partial charge on any atom is 0.227 e. The average molecular weight is 316 g/mol. The maximum absolute atomic E-state index is 12.9. The minimum Gasteiger partial charge on any atom is -0.339 e. The zero-order valence-electron chi connectivity index (χ0n) is 13.3. The van der Waals surface area contributed by atoms with E-state index in [-0.39, 0.29) is 11.7 Å². The minimum atomic E-state index is -0.277. The van der Waals surface area contributed by atoms with E-state index in [0.717, 1.165) is 31.1 Å². The molecule has 1 aliphatic rings. The van der Waals surface area contributed by atoms with Gasteiger partial charge in [0.25, 0.3) is 0 Å². The van der Waals surface area contributed by atoms with Crippen molar-refractivity contribution in [1.82, 2.24) is 14.5 Å². The fraction of sp³-hybridized carbons (Fsp3) is 0.412. The van der Waals surface area contributed by atoms with Gasteiger partial charge in [0, 0.05) is 45.1 Å². The summed E-state index contributed by atoms with van der Waals surface area (Å²) in [7, 11) is 0. The number of hydrogen-bond donors (Lipinski definition) is 0. The monoisotopic (exact) mass is 316 g/mol. The summed E-state index contributed by atoms with van der Waals surface area (Å²) < 4.78 is 15.0. The van der Waals surface area contributed by atoms with Crippen molar-refractivity contribution in [3.05, 3.63) is 48.0 Å². The third-order valence-corrected chi connectivity index (χ3v) is 4.22. The van der Waals surface area contributed by atoms with Gasteiger partial charge in [-0.25, -0.2) is 9.37 Å². The molecule has 3 rings (SSSR count). The summed E-state index contributed by atoms with van der Waals surface area (Å²) in [6.07, 6.45) is 4.11. The Labute approximate surface area is 135 Å². The number of rotatable bonds is 4. The van der Waals surface area contributed by atoms with Gasteiger partial charge in [0.15, 0.2) is 0 Å². The molecule has 0 bridgehead atoms. The van der Waals surface area contributed by atoms with Crippen molar-refractivity contribution in [3.8, 4) is 0 Å². The Hall–Kier alpha value is -2.37. The van der Waals surface area contributed by atoms with Gasteiger partial charge in [0.1, 0.15) is 5.82 Å². The van der Waals surface area contributed by atoms with Gasteiger partial charge in [-0.2, -0.15) is 0 Å². The molecule has 0 atom stereocenters. The van der Waals surface area contributed by atoms with E-state index in [2.05, 4.69) is 21.4 Å². The molecule has 1 saturated heterocycles. The highest BCUT2D eigenvalue weighted by molar-refractivity contribution is 5.79. The summed E-state index contributed by atoms with van der Waals surface area (Å²) in [5, 5.41) is 0. The number of aryl methyl sites for hydroxylation is 1. The van der Waals surface area contributed by atoms with Crippen molar-refractivity contribution in [2.24, 2.45) is 0 Å². The van der Waals surface area contributed by atoms with Gasteiger partial charge in [-0.05, 0) is 24.6 Å². The van der Waals surface area contributed by atoms with E-state index in [1.807, 2.05) is 17.3 Å². The van der Waals surface area contributed by atoms with Gasteiger partial charge in [-0.3, -0.25) is 4.79 Å². The first-order valence-electron chi connectivity index (χ1n) is 7.95. The molecule has 1 fully saturated rings. The summed E-state index contributed by atoms with van der Waals surface area (Å²) in [6.45, 7) is 5.93. The smallest absolute Gasteiger partial charge is 0.227 e. The first kappa shape index (κ1) is 15.5. The van der Waals surface area contributed by atoms with Crippen LogP contribution in [0.3, 0.4) is 0 Å². The van der Waals surface area contributed by atoms with Crippen LogP contribution < -0.4 is 4.90 Å². The molecule has 5 nitrogen and oxygen atoms in total. The van der Waals surface area contributed by atoms with Gasteiger partial charge in [-0.1, -0.05) is 12.1 Å². The average Bonchev–Trinajstić information content (AvgIpc) is 3.06. The zero-order chi connectivity index (χ0) is 16.2. The molecule has 2 heterocycles. The predicted molar refractivity (Wildman–Crippen MR) is 86.8 cm³/mol. The van der Waals surface area contributed by atoms with Crippen LogP contribution in [0.15, 0.2) is 36.7 Å². The highest BCUT2D eigenvalue weighted by Gasteiger charge is 2.23. The lowest BCUT2D eigenvalue weighted by molar-refractivity contribution is -0.130. The Morgan fingerprint density at radius 2 is 1.87 bits per heavy atom. The standard InChI is InChI=1S/C17H21FN4O/c1-2-20-8-7-19-17(20)22-11-9-21(10-12-22)16(23)13-14-3-5-15(18)6-4-14/h3-8H,2,9-13H2,1H3. The van der Waals surface area contributed by atoms with Gasteiger partial charge >= 0.3 is 0 Å². The van der Waals surface area contributed by atoms with E-state index in [1.165, 1.54) is 12.1 Å². The first-order chi connectivity index (χ1) is 11.2. The second-order valence-electron chi connectivity index (χ2n) is 5.68. The van der Waals surface area contributed by atoms with Gasteiger partial charge in [0.2, 0.25) is 11.9 Å². The molecule has 0 N–H and O–H groups in total. The van der Waals surface area contributed by atoms with E-state index in [4.69, 9.17) is 0 Å². The number of amides is 1. The molecule has 23 heavy (non-hydrogen) atoms. The fourth-order valence-corrected chi connectivity index (χ4v) is 2.88. The molecular weight excluding hydrogens is 295 g/mol. The molecule has 1 aromatic heterocycles. The van der Waals surface area contributed by atoms with Gasteiger partial charge in [-0.15, -0.1) is 0 Å². The Morgan fingerprint density at radius 3 is 2.52 bits per heavy atom. The molecule has 122 valence electrons. The molecule has 0 unspecified atom stereocenters. The van der Waals surface area contributed by atoms with Crippen LogP contribution in [0.4, 0.5) is 10.3 Å². The summed E-state index contributed by atoms with van der Waals surface area (Å²) in [5.74, 6) is 0.787. The Morgan fingerprint density at radius 1 is 1.17 bits per heavy atom. The third-order valence-electron chi connectivity index (χ3n) is 4.22. The van der Waals surface area contributed by atoms with Gasteiger partial charge in [0.05, 0.1) is 6.42 Å². The van der Waals surface area contributed by atoms with Crippen molar-refractivity contribution in [3.63, 3.8) is 0 Å². The van der Waals surface area contributed by atoms with Crippen LogP contribution in [-0.2, 0) is 17.8 Å². The molecular formula is C17H21FN4O. The van der Waals surface area contributed by atoms with Crippen LogP contribution in [0, 0.1) is 5.82 Å². The van der Waals surface area contributed by atoms with Crippen LogP contribution in [0.25, 0.3) is 0 Å². The highest BCUT2D eigenvalue weighted by atomic mass is 19.1. The SMILES string of the molecule is CCn1ccnc1N1CCN(C(=O)Cc2ccc(F)cc2)CC1. The number of benzene rings is 1. The van der Waals surface area contributed by atoms with Crippen molar-refractivity contribution in [2.75, 3.05) is 31.1 Å². The summed E-state index contributed by atoms with van der Waals surface area (Å²) in [6, 6.07) is 6.12. The van der Waals surface area contributed by atoms with Gasteiger partial charge < -0.3 is 14.4 Å². The Kier molecular flexibility index (Phi) is 4.60. The maximum atomic E-state index is 12.9. The number of hydrogen-bond acceptors (Lipinski definition) is 3. The normalized spacial score (nSPS) is 15.0. The number of anilines is 1. The van der Waals surface area contributed by atoms with E-state index in [9.17, 15) is 9.18 Å². The van der Waals surface area contributed by atoms with E-state index in [0.29, 0.717) is 19.5 Å². The minimum absolute atomic E-state index is 0.0927. The molecule has 0 saturated carbocycles. The molecule has 6 heteroatoms. The van der Waals surface area contributed by atoms with E-state index < -0.39 is 0 Å². The predicted octanol–water partition coefficient (Wildman–Crippen LogP) is 1.93. The second-order valence-corrected chi connectivity index (χ2v) is 5.68. The van der Waals surface area contributed by atoms with Crippen LogP contribution in [0.2, 0.25) is 0 Å². The number of carbonyl (C=O) groups excluding carboxylic acids is 1. The van der Waals surface area contributed by atoms with Crippen LogP contribution in [0.1, 0.15) is 12.5 Å². The third kappa shape index (κ3) is 3.52. The van der Waals surface area contributed by atoms with Crippen molar-refractivity contribution in [1.29, 1.82) is 0 Å². The summed E-state index contributed by atoms with van der Waals surface area (Å²) in [4.78, 5) is 20.9. The molecule has 0 spiro atoms. The number of halogens is 1. The van der Waals surface area contributed by atoms with E-state index in [1.54, 1.807) is 12.1 Å².